The summed E-state index contributed by atoms with van der Waals surface area (Å²) >= 11 is 5.87. The predicted molar refractivity (Wildman–Crippen MR) is 157 cm³/mol. The van der Waals surface area contributed by atoms with Gasteiger partial charge in [0.05, 0.1) is 0 Å². The Morgan fingerprint density at radius 1 is 1.09 bits per heavy atom. The van der Waals surface area contributed by atoms with Crippen LogP contribution in [0.3, 0.4) is 0 Å². The van der Waals surface area contributed by atoms with Crippen LogP contribution >= 0.6 is 11.6 Å². The molecule has 2 fully saturated rings. The molecular formula is C32H30ClF4N3O5. The summed E-state index contributed by atoms with van der Waals surface area (Å²) in [6.45, 7) is 2.87. The number of nitrogens with zero attached hydrogens (tertiary/aromatic N) is 2. The molecule has 0 bridgehead atoms. The lowest BCUT2D eigenvalue weighted by atomic mass is 9.85. The zero-order chi connectivity index (χ0) is 32.5. The van der Waals surface area contributed by atoms with E-state index in [9.17, 15) is 31.9 Å². The van der Waals surface area contributed by atoms with E-state index in [2.05, 4.69) is 10.1 Å². The quantitative estimate of drug-likeness (QED) is 0.290. The number of likely N-dealkylation sites (tertiary alicyclic amines) is 1. The maximum absolute atomic E-state index is 14.7. The number of rotatable bonds is 8. The van der Waals surface area contributed by atoms with Gasteiger partial charge < -0.3 is 19.7 Å². The highest BCUT2D eigenvalue weighted by Gasteiger charge is 2.48. The lowest BCUT2D eigenvalue weighted by molar-refractivity contribution is -0.274. The van der Waals surface area contributed by atoms with Gasteiger partial charge in [0.2, 0.25) is 5.91 Å². The van der Waals surface area contributed by atoms with E-state index in [1.54, 1.807) is 4.90 Å². The summed E-state index contributed by atoms with van der Waals surface area (Å²) in [7, 11) is 0. The molecule has 3 aromatic carbocycles. The van der Waals surface area contributed by atoms with Crippen molar-refractivity contribution >= 4 is 29.5 Å². The van der Waals surface area contributed by atoms with Crippen LogP contribution in [0.5, 0.6) is 5.75 Å². The number of carbonyl (C=O) groups excluding carboxylic acids is 3. The zero-order valence-electron chi connectivity index (χ0n) is 24.4. The number of hydrogen-bond acceptors (Lipinski definition) is 6. The number of alkyl halides is 3. The Bertz CT molecular complexity index is 1600. The number of benzene rings is 3. The number of amides is 3. The van der Waals surface area contributed by atoms with E-state index in [-0.39, 0.29) is 47.7 Å². The molecule has 0 aliphatic carbocycles. The van der Waals surface area contributed by atoms with Gasteiger partial charge >= 0.3 is 12.5 Å². The van der Waals surface area contributed by atoms with Gasteiger partial charge in [0.1, 0.15) is 18.1 Å². The predicted octanol–water partition coefficient (Wildman–Crippen LogP) is 6.28. The molecule has 45 heavy (non-hydrogen) atoms. The van der Waals surface area contributed by atoms with E-state index >= 15 is 0 Å². The van der Waals surface area contributed by atoms with Crippen LogP contribution in [0, 0.1) is 5.82 Å². The number of imide groups is 1. The Morgan fingerprint density at radius 3 is 2.47 bits per heavy atom. The van der Waals surface area contributed by atoms with Gasteiger partial charge in [0.15, 0.2) is 5.60 Å². The minimum Gasteiger partial charge on any atom is -0.433 e. The third kappa shape index (κ3) is 7.39. The van der Waals surface area contributed by atoms with Gasteiger partial charge in [0, 0.05) is 47.7 Å². The summed E-state index contributed by atoms with van der Waals surface area (Å²) in [6.07, 6.45) is -5.42. The van der Waals surface area contributed by atoms with Crippen LogP contribution in [0.1, 0.15) is 37.3 Å². The van der Waals surface area contributed by atoms with Crippen molar-refractivity contribution in [3.8, 4) is 16.9 Å². The fourth-order valence-electron chi connectivity index (χ4n) is 5.63. The molecule has 0 radical (unpaired) electrons. The molecule has 5 rings (SSSR count). The number of nitrogens with one attached hydrogen (secondary N) is 1. The third-order valence-corrected chi connectivity index (χ3v) is 8.13. The van der Waals surface area contributed by atoms with E-state index in [1.165, 1.54) is 38.1 Å². The molecule has 13 heteroatoms. The van der Waals surface area contributed by atoms with Crippen molar-refractivity contribution in [2.75, 3.05) is 19.6 Å². The Morgan fingerprint density at radius 2 is 1.82 bits per heavy atom. The zero-order valence-corrected chi connectivity index (χ0v) is 25.1. The Kier molecular flexibility index (Phi) is 9.09. The molecule has 8 nitrogen and oxygen atoms in total. The number of carbonyl (C=O) groups is 3. The topological polar surface area (TPSA) is 88.2 Å². The summed E-state index contributed by atoms with van der Waals surface area (Å²) in [6, 6.07) is 17.0. The molecule has 238 valence electrons. The first kappa shape index (κ1) is 32.2. The van der Waals surface area contributed by atoms with Gasteiger partial charge in [-0.05, 0) is 61.7 Å². The Hall–Kier alpha value is -4.16. The van der Waals surface area contributed by atoms with Gasteiger partial charge in [-0.3, -0.25) is 9.59 Å². The number of hydrogen-bond donors (Lipinski definition) is 1. The number of piperidine rings is 1. The highest BCUT2D eigenvalue weighted by molar-refractivity contribution is 6.30. The standard InChI is InChI=1S/C32H30ClF4N3O5/c1-31(2)29(42)40(30(43)45-31)18-28(41)39-13-12-26(24(17-39)19-6-4-3-5-7-19)38-16-21-14-20(8-11-27(21)44-32(35,36)37)23-10-9-22(33)15-25(23)34/h3-11,14-15,24,26,38H,12-13,16-18H2,1-2H3/t24-,26-/m0/s1. The Labute approximate surface area is 261 Å². The molecule has 2 saturated heterocycles. The SMILES string of the molecule is CC1(C)OC(=O)N(CC(=O)N2CC[C@H](NCc3cc(-c4ccc(Cl)cc4F)ccc3OC(F)(F)F)[C@H](c3ccccc3)C2)C1=O. The normalized spacial score (nSPS) is 19.9. The lowest BCUT2D eigenvalue weighted by Crippen LogP contribution is -2.52. The van der Waals surface area contributed by atoms with Crippen LogP contribution in [0.25, 0.3) is 11.1 Å². The molecular weight excluding hydrogens is 618 g/mol. The number of cyclic esters (lactones) is 1. The van der Waals surface area contributed by atoms with Crippen molar-refractivity contribution in [2.24, 2.45) is 0 Å². The van der Waals surface area contributed by atoms with Crippen LogP contribution < -0.4 is 10.1 Å². The van der Waals surface area contributed by atoms with Crippen molar-refractivity contribution in [2.45, 2.75) is 50.7 Å². The van der Waals surface area contributed by atoms with E-state index in [4.69, 9.17) is 16.3 Å². The maximum atomic E-state index is 14.7. The second-order valence-electron chi connectivity index (χ2n) is 11.4. The fourth-order valence-corrected chi connectivity index (χ4v) is 5.79. The molecule has 2 aliphatic heterocycles. The average Bonchev–Trinajstić information content (AvgIpc) is 3.17. The molecule has 3 aromatic rings. The summed E-state index contributed by atoms with van der Waals surface area (Å²) in [5, 5.41) is 3.52. The first-order chi connectivity index (χ1) is 21.2. The largest absolute Gasteiger partial charge is 0.573 e. The summed E-state index contributed by atoms with van der Waals surface area (Å²) in [5.41, 5.74) is 0.185. The summed E-state index contributed by atoms with van der Waals surface area (Å²) in [5.74, 6) is -2.38. The van der Waals surface area contributed by atoms with Crippen LogP contribution in [0.15, 0.2) is 66.7 Å². The second-order valence-corrected chi connectivity index (χ2v) is 11.8. The molecule has 0 saturated carbocycles. The van der Waals surface area contributed by atoms with Gasteiger partial charge in [-0.15, -0.1) is 13.2 Å². The molecule has 2 atom stereocenters. The molecule has 2 aliphatic rings. The summed E-state index contributed by atoms with van der Waals surface area (Å²) in [4.78, 5) is 40.4. The third-order valence-electron chi connectivity index (χ3n) is 7.89. The molecule has 0 unspecified atom stereocenters. The van der Waals surface area contributed by atoms with E-state index in [1.807, 2.05) is 30.3 Å². The van der Waals surface area contributed by atoms with Gasteiger partial charge in [-0.2, -0.15) is 0 Å². The monoisotopic (exact) mass is 647 g/mol. The second kappa shape index (κ2) is 12.7. The molecule has 0 aromatic heterocycles. The molecule has 3 amide bonds. The first-order valence-corrected chi connectivity index (χ1v) is 14.5. The van der Waals surface area contributed by atoms with Crippen molar-refractivity contribution in [3.63, 3.8) is 0 Å². The van der Waals surface area contributed by atoms with Gasteiger partial charge in [0.25, 0.3) is 5.91 Å². The van der Waals surface area contributed by atoms with E-state index in [0.29, 0.717) is 12.0 Å². The molecule has 2 heterocycles. The smallest absolute Gasteiger partial charge is 0.433 e. The average molecular weight is 648 g/mol. The van der Waals surface area contributed by atoms with Crippen molar-refractivity contribution in [1.82, 2.24) is 15.1 Å². The molecule has 0 spiro atoms. The lowest BCUT2D eigenvalue weighted by Gasteiger charge is -2.40. The highest BCUT2D eigenvalue weighted by Crippen LogP contribution is 2.34. The highest BCUT2D eigenvalue weighted by atomic mass is 35.5. The number of ether oxygens (including phenoxy) is 2. The van der Waals surface area contributed by atoms with Crippen molar-refractivity contribution < 1.29 is 41.4 Å². The van der Waals surface area contributed by atoms with E-state index in [0.717, 1.165) is 22.6 Å². The van der Waals surface area contributed by atoms with Crippen LogP contribution in [-0.4, -0.2) is 65.3 Å². The fraction of sp³-hybridized carbons (Fsp3) is 0.344. The first-order valence-electron chi connectivity index (χ1n) is 14.2. The van der Waals surface area contributed by atoms with Crippen molar-refractivity contribution in [3.05, 3.63) is 88.7 Å². The van der Waals surface area contributed by atoms with Gasteiger partial charge in [-0.25, -0.2) is 14.1 Å². The van der Waals surface area contributed by atoms with Crippen LogP contribution in [0.2, 0.25) is 5.02 Å². The van der Waals surface area contributed by atoms with Crippen LogP contribution in [-0.2, 0) is 20.9 Å². The maximum Gasteiger partial charge on any atom is 0.573 e. The van der Waals surface area contributed by atoms with Crippen LogP contribution in [0.4, 0.5) is 22.4 Å². The van der Waals surface area contributed by atoms with E-state index < -0.39 is 48.0 Å². The number of halogens is 5. The van der Waals surface area contributed by atoms with Crippen molar-refractivity contribution in [1.29, 1.82) is 0 Å². The molecule has 1 N–H and O–H groups in total. The Balaban J connectivity index is 1.36. The minimum absolute atomic E-state index is 0.0559. The van der Waals surface area contributed by atoms with Gasteiger partial charge in [-0.1, -0.05) is 48.0 Å². The summed E-state index contributed by atoms with van der Waals surface area (Å²) < 4.78 is 63.9. The minimum atomic E-state index is -4.95.